The van der Waals surface area contributed by atoms with Crippen LogP contribution < -0.4 is 10.1 Å². The summed E-state index contributed by atoms with van der Waals surface area (Å²) < 4.78 is 10.9. The maximum atomic E-state index is 11.4. The zero-order valence-electron chi connectivity index (χ0n) is 13.2. The van der Waals surface area contributed by atoms with Gasteiger partial charge in [0.1, 0.15) is 18.1 Å². The Balaban J connectivity index is 1.76. The quantitative estimate of drug-likeness (QED) is 0.762. The Kier molecular flexibility index (Phi) is 4.46. The zero-order valence-corrected chi connectivity index (χ0v) is 13.2. The van der Waals surface area contributed by atoms with Crippen molar-refractivity contribution in [2.24, 2.45) is 0 Å². The molecule has 8 heteroatoms. The minimum atomic E-state index is -0.302. The number of hydrogen-bond donors (Lipinski definition) is 1. The van der Waals surface area contributed by atoms with Gasteiger partial charge in [0, 0.05) is 31.1 Å². The van der Waals surface area contributed by atoms with Crippen LogP contribution in [0.3, 0.4) is 0 Å². The molecule has 0 bridgehead atoms. The highest BCUT2D eigenvalue weighted by atomic mass is 16.5. The molecule has 0 saturated heterocycles. The molecule has 3 heterocycles. The molecule has 122 valence electrons. The first-order valence-electron chi connectivity index (χ1n) is 7.23. The second-order valence-corrected chi connectivity index (χ2v) is 4.93. The van der Waals surface area contributed by atoms with E-state index in [1.54, 1.807) is 24.5 Å². The van der Waals surface area contributed by atoms with Gasteiger partial charge in [0.15, 0.2) is 5.69 Å². The van der Waals surface area contributed by atoms with Crippen LogP contribution in [0.2, 0.25) is 0 Å². The van der Waals surface area contributed by atoms with E-state index in [4.69, 9.17) is 9.26 Å². The monoisotopic (exact) mass is 325 g/mol. The van der Waals surface area contributed by atoms with Gasteiger partial charge >= 0.3 is 0 Å². The summed E-state index contributed by atoms with van der Waals surface area (Å²) >= 11 is 0. The third kappa shape index (κ3) is 3.22. The Morgan fingerprint density at radius 2 is 2.00 bits per heavy atom. The lowest BCUT2D eigenvalue weighted by Gasteiger charge is -2.06. The summed E-state index contributed by atoms with van der Waals surface area (Å²) in [7, 11) is 1.53. The van der Waals surface area contributed by atoms with E-state index in [2.05, 4.69) is 25.7 Å². The number of carbonyl (C=O) groups is 1. The van der Waals surface area contributed by atoms with Crippen molar-refractivity contribution in [2.45, 2.75) is 13.5 Å². The minimum absolute atomic E-state index is 0.223. The van der Waals surface area contributed by atoms with Gasteiger partial charge in [-0.1, -0.05) is 5.16 Å². The summed E-state index contributed by atoms with van der Waals surface area (Å²) in [6.07, 6.45) is 3.37. The van der Waals surface area contributed by atoms with Crippen molar-refractivity contribution >= 4 is 5.91 Å². The number of hydrogen-bond acceptors (Lipinski definition) is 7. The fourth-order valence-electron chi connectivity index (χ4n) is 2.09. The maximum absolute atomic E-state index is 11.4. The smallest absolute Gasteiger partial charge is 0.271 e. The van der Waals surface area contributed by atoms with Crippen LogP contribution in [0.25, 0.3) is 11.3 Å². The number of aryl methyl sites for hydroxylation is 1. The molecule has 0 unspecified atom stereocenters. The topological polar surface area (TPSA) is 103 Å². The van der Waals surface area contributed by atoms with Crippen LogP contribution in [-0.4, -0.2) is 33.3 Å². The molecule has 0 aromatic carbocycles. The summed E-state index contributed by atoms with van der Waals surface area (Å²) in [5.74, 6) is 0.671. The van der Waals surface area contributed by atoms with Crippen LogP contribution in [-0.2, 0) is 6.61 Å². The molecule has 0 atom stereocenters. The summed E-state index contributed by atoms with van der Waals surface area (Å²) in [5.41, 5.74) is 2.63. The molecule has 0 aliphatic carbocycles. The molecular formula is C16H15N5O3. The SMILES string of the molecule is CNC(=O)c1ccc(OCc2c(-c3ccncc3)noc2C)nn1. The van der Waals surface area contributed by atoms with Crippen LogP contribution in [0.1, 0.15) is 21.8 Å². The number of aromatic nitrogens is 4. The van der Waals surface area contributed by atoms with Crippen molar-refractivity contribution < 1.29 is 14.1 Å². The number of rotatable bonds is 5. The van der Waals surface area contributed by atoms with Gasteiger partial charge in [0.05, 0.1) is 5.56 Å². The normalized spacial score (nSPS) is 10.4. The van der Waals surface area contributed by atoms with Crippen LogP contribution in [0.15, 0.2) is 41.2 Å². The van der Waals surface area contributed by atoms with Crippen molar-refractivity contribution in [3.8, 4) is 17.1 Å². The first kappa shape index (κ1) is 15.6. The first-order valence-corrected chi connectivity index (χ1v) is 7.23. The van der Waals surface area contributed by atoms with Crippen molar-refractivity contribution in [3.05, 3.63) is 53.7 Å². The lowest BCUT2D eigenvalue weighted by molar-refractivity contribution is 0.0957. The van der Waals surface area contributed by atoms with E-state index in [1.165, 1.54) is 7.05 Å². The van der Waals surface area contributed by atoms with E-state index in [0.29, 0.717) is 17.3 Å². The first-order chi connectivity index (χ1) is 11.7. The molecule has 0 radical (unpaired) electrons. The van der Waals surface area contributed by atoms with E-state index in [0.717, 1.165) is 11.1 Å². The van der Waals surface area contributed by atoms with E-state index in [-0.39, 0.29) is 18.2 Å². The van der Waals surface area contributed by atoms with Crippen LogP contribution >= 0.6 is 0 Å². The average Bonchev–Trinajstić information content (AvgIpc) is 3.01. The van der Waals surface area contributed by atoms with Crippen molar-refractivity contribution in [1.82, 2.24) is 25.7 Å². The van der Waals surface area contributed by atoms with Gasteiger partial charge in [-0.25, -0.2) is 0 Å². The number of ether oxygens (including phenoxy) is 1. The second kappa shape index (κ2) is 6.86. The third-order valence-electron chi connectivity index (χ3n) is 3.40. The highest BCUT2D eigenvalue weighted by molar-refractivity contribution is 5.91. The largest absolute Gasteiger partial charge is 0.472 e. The number of nitrogens with zero attached hydrogens (tertiary/aromatic N) is 4. The molecular weight excluding hydrogens is 310 g/mol. The molecule has 0 aliphatic heterocycles. The fraction of sp³-hybridized carbons (Fsp3) is 0.188. The molecule has 0 fully saturated rings. The van der Waals surface area contributed by atoms with E-state index in [1.807, 2.05) is 19.1 Å². The minimum Gasteiger partial charge on any atom is -0.472 e. The Labute approximate surface area is 137 Å². The molecule has 0 spiro atoms. The summed E-state index contributed by atoms with van der Waals surface area (Å²) in [6.45, 7) is 2.04. The maximum Gasteiger partial charge on any atom is 0.271 e. The molecule has 3 aromatic heterocycles. The average molecular weight is 325 g/mol. The lowest BCUT2D eigenvalue weighted by atomic mass is 10.1. The second-order valence-electron chi connectivity index (χ2n) is 4.93. The highest BCUT2D eigenvalue weighted by Gasteiger charge is 2.16. The molecule has 0 saturated carbocycles. The van der Waals surface area contributed by atoms with Crippen molar-refractivity contribution in [1.29, 1.82) is 0 Å². The molecule has 0 aliphatic rings. The van der Waals surface area contributed by atoms with Gasteiger partial charge in [-0.3, -0.25) is 9.78 Å². The summed E-state index contributed by atoms with van der Waals surface area (Å²) in [5, 5.41) is 14.3. The van der Waals surface area contributed by atoms with Gasteiger partial charge in [-0.15, -0.1) is 10.2 Å². The van der Waals surface area contributed by atoms with E-state index in [9.17, 15) is 4.79 Å². The number of pyridine rings is 1. The number of nitrogens with one attached hydrogen (secondary N) is 1. The van der Waals surface area contributed by atoms with Gasteiger partial charge in [-0.05, 0) is 25.1 Å². The Bertz CT molecular complexity index is 831. The Morgan fingerprint density at radius 3 is 2.67 bits per heavy atom. The van der Waals surface area contributed by atoms with Gasteiger partial charge in [-0.2, -0.15) is 0 Å². The predicted octanol–water partition coefficient (Wildman–Crippen LogP) is 1.77. The van der Waals surface area contributed by atoms with Crippen molar-refractivity contribution in [2.75, 3.05) is 7.05 Å². The molecule has 3 rings (SSSR count). The van der Waals surface area contributed by atoms with E-state index < -0.39 is 0 Å². The molecule has 3 aromatic rings. The summed E-state index contributed by atoms with van der Waals surface area (Å²) in [4.78, 5) is 15.4. The predicted molar refractivity (Wildman–Crippen MR) is 84.2 cm³/mol. The zero-order chi connectivity index (χ0) is 16.9. The Hall–Kier alpha value is -3.29. The third-order valence-corrected chi connectivity index (χ3v) is 3.40. The van der Waals surface area contributed by atoms with Gasteiger partial charge < -0.3 is 14.6 Å². The van der Waals surface area contributed by atoms with Crippen LogP contribution in [0, 0.1) is 6.92 Å². The molecule has 8 nitrogen and oxygen atoms in total. The lowest BCUT2D eigenvalue weighted by Crippen LogP contribution is -2.19. The fourth-order valence-corrected chi connectivity index (χ4v) is 2.09. The van der Waals surface area contributed by atoms with Crippen molar-refractivity contribution in [3.63, 3.8) is 0 Å². The number of amides is 1. The van der Waals surface area contributed by atoms with Crippen LogP contribution in [0.4, 0.5) is 0 Å². The van der Waals surface area contributed by atoms with Gasteiger partial charge in [0.25, 0.3) is 5.91 Å². The van der Waals surface area contributed by atoms with Crippen LogP contribution in [0.5, 0.6) is 5.88 Å². The number of carbonyl (C=O) groups excluding carboxylic acids is 1. The standard InChI is InChI=1S/C16H15N5O3/c1-10-12(15(21-24-10)11-5-7-18-8-6-11)9-23-14-4-3-13(19-20-14)16(22)17-2/h3-8H,9H2,1-2H3,(H,17,22). The Morgan fingerprint density at radius 1 is 1.21 bits per heavy atom. The highest BCUT2D eigenvalue weighted by Crippen LogP contribution is 2.25. The summed E-state index contributed by atoms with van der Waals surface area (Å²) in [6, 6.07) is 6.83. The molecule has 1 amide bonds. The molecule has 1 N–H and O–H groups in total. The molecule has 24 heavy (non-hydrogen) atoms. The van der Waals surface area contributed by atoms with Gasteiger partial charge in [0.2, 0.25) is 5.88 Å². The van der Waals surface area contributed by atoms with E-state index >= 15 is 0 Å².